The highest BCUT2D eigenvalue weighted by Crippen LogP contribution is 2.44. The summed E-state index contributed by atoms with van der Waals surface area (Å²) < 4.78 is 23.9. The second kappa shape index (κ2) is 12.4. The van der Waals surface area contributed by atoms with Gasteiger partial charge in [0, 0.05) is 18.1 Å². The molecule has 0 radical (unpaired) electrons. The predicted octanol–water partition coefficient (Wildman–Crippen LogP) is 2.80. The van der Waals surface area contributed by atoms with E-state index < -0.39 is 49.1 Å². The Balaban J connectivity index is 1.43. The average molecular weight is 536 g/mol. The van der Waals surface area contributed by atoms with E-state index in [4.69, 9.17) is 18.9 Å². The molecule has 2 heterocycles. The average Bonchev–Trinajstić information content (AvgIpc) is 3.19. The van der Waals surface area contributed by atoms with E-state index in [1.54, 1.807) is 24.3 Å². The molecule has 0 saturated carbocycles. The van der Waals surface area contributed by atoms with Gasteiger partial charge in [-0.3, -0.25) is 4.79 Å². The monoisotopic (exact) mass is 535 g/mol. The summed E-state index contributed by atoms with van der Waals surface area (Å²) in [5.41, 5.74) is 2.84. The molecular formula is C30H33NO8. The zero-order chi connectivity index (χ0) is 27.4. The van der Waals surface area contributed by atoms with Gasteiger partial charge in [0.25, 0.3) is 0 Å². The molecule has 0 bridgehead atoms. The summed E-state index contributed by atoms with van der Waals surface area (Å²) in [7, 11) is 0. The van der Waals surface area contributed by atoms with Crippen molar-refractivity contribution >= 4 is 5.97 Å². The largest absolute Gasteiger partial charge is 0.457 e. The fourth-order valence-corrected chi connectivity index (χ4v) is 5.28. The summed E-state index contributed by atoms with van der Waals surface area (Å²) in [4.78, 5) is 13.6. The molecule has 3 aromatic rings. The summed E-state index contributed by atoms with van der Waals surface area (Å²) >= 11 is 0. The van der Waals surface area contributed by atoms with Crippen LogP contribution >= 0.6 is 0 Å². The van der Waals surface area contributed by atoms with Gasteiger partial charge in [0.05, 0.1) is 25.9 Å². The van der Waals surface area contributed by atoms with Gasteiger partial charge < -0.3 is 34.3 Å². The normalized spacial score (nSPS) is 28.7. The molecule has 2 aliphatic rings. The van der Waals surface area contributed by atoms with Crippen LogP contribution in [0.5, 0.6) is 0 Å². The van der Waals surface area contributed by atoms with E-state index in [-0.39, 0.29) is 13.2 Å². The highest BCUT2D eigenvalue weighted by molar-refractivity contribution is 5.66. The first-order chi connectivity index (χ1) is 18.9. The van der Waals surface area contributed by atoms with Gasteiger partial charge in [0.15, 0.2) is 12.4 Å². The molecule has 1 saturated heterocycles. The van der Waals surface area contributed by atoms with Crippen LogP contribution in [0.2, 0.25) is 0 Å². The number of benzene rings is 3. The van der Waals surface area contributed by atoms with Crippen molar-refractivity contribution in [3.8, 4) is 0 Å². The van der Waals surface area contributed by atoms with Crippen molar-refractivity contribution in [1.29, 1.82) is 0 Å². The molecule has 0 amide bonds. The Labute approximate surface area is 227 Å². The maximum Gasteiger partial charge on any atom is 0.303 e. The first kappa shape index (κ1) is 27.4. The molecule has 7 atom stereocenters. The van der Waals surface area contributed by atoms with E-state index in [0.29, 0.717) is 17.7 Å². The summed E-state index contributed by atoms with van der Waals surface area (Å²) in [5, 5.41) is 33.7. The third-order valence-electron chi connectivity index (χ3n) is 7.08. The number of nitrogens with zero attached hydrogens (tertiary/aromatic N) is 1. The second-order valence-electron chi connectivity index (χ2n) is 9.72. The van der Waals surface area contributed by atoms with Crippen LogP contribution in [0.15, 0.2) is 84.9 Å². The zero-order valence-electron chi connectivity index (χ0n) is 21.6. The van der Waals surface area contributed by atoms with Crippen molar-refractivity contribution in [3.05, 3.63) is 107 Å². The minimum Gasteiger partial charge on any atom is -0.457 e. The number of hydrogen-bond acceptors (Lipinski definition) is 9. The number of ether oxygens (including phenoxy) is 4. The molecular weight excluding hydrogens is 502 g/mol. The minimum absolute atomic E-state index is 0.00709. The molecule has 206 valence electrons. The third kappa shape index (κ3) is 6.05. The molecule has 0 aromatic heterocycles. The smallest absolute Gasteiger partial charge is 0.303 e. The quantitative estimate of drug-likeness (QED) is 0.356. The maximum absolute atomic E-state index is 12.2. The Morgan fingerprint density at radius 2 is 1.33 bits per heavy atom. The number of aliphatic hydroxyl groups excluding tert-OH is 3. The molecule has 3 N–H and O–H groups in total. The van der Waals surface area contributed by atoms with Gasteiger partial charge in [-0.25, -0.2) is 4.90 Å². The molecule has 3 unspecified atom stereocenters. The SMILES string of the molecule is CC(=O)O[C@H]1[C@H](OCc2ccccc2)[C@@H](N2C(O)c3ccccc3C2O)C(O)O[C@@H]1COCc1ccccc1. The standard InChI is InChI=1S/C30H33NO8/c1-19(32)38-26-24(18-36-16-20-10-4-2-5-11-20)39-30(35)25(27(26)37-17-21-12-6-3-7-13-21)31-28(33)22-14-8-9-15-23(22)29(31)34/h2-15,24-30,33-35H,16-18H2,1H3/t24-,25-,26-,27-,28?,29?,30?/m1/s1. The Hall–Kier alpha value is -3.15. The highest BCUT2D eigenvalue weighted by atomic mass is 16.7. The van der Waals surface area contributed by atoms with Gasteiger partial charge in [-0.2, -0.15) is 0 Å². The van der Waals surface area contributed by atoms with Crippen LogP contribution in [-0.4, -0.2) is 63.4 Å². The van der Waals surface area contributed by atoms with Crippen LogP contribution in [-0.2, 0) is 37.0 Å². The topological polar surface area (TPSA) is 118 Å². The molecule has 9 nitrogen and oxygen atoms in total. The molecule has 1 fully saturated rings. The van der Waals surface area contributed by atoms with Crippen molar-refractivity contribution in [2.45, 2.75) is 63.2 Å². The molecule has 0 aliphatic carbocycles. The predicted molar refractivity (Wildman–Crippen MR) is 140 cm³/mol. The molecule has 39 heavy (non-hydrogen) atoms. The number of aliphatic hydroxyl groups is 3. The van der Waals surface area contributed by atoms with Gasteiger partial charge in [-0.15, -0.1) is 0 Å². The van der Waals surface area contributed by atoms with Crippen LogP contribution < -0.4 is 0 Å². The van der Waals surface area contributed by atoms with E-state index in [1.165, 1.54) is 11.8 Å². The van der Waals surface area contributed by atoms with Crippen LogP contribution in [0.1, 0.15) is 41.6 Å². The third-order valence-corrected chi connectivity index (χ3v) is 7.08. The minimum atomic E-state index is -1.50. The molecule has 3 aromatic carbocycles. The van der Waals surface area contributed by atoms with Crippen molar-refractivity contribution < 1.29 is 39.1 Å². The number of rotatable bonds is 9. The fraction of sp³-hybridized carbons (Fsp3) is 0.367. The number of carbonyl (C=O) groups excluding carboxylic acids is 1. The Morgan fingerprint density at radius 1 is 0.795 bits per heavy atom. The van der Waals surface area contributed by atoms with E-state index in [9.17, 15) is 20.1 Å². The van der Waals surface area contributed by atoms with Crippen LogP contribution in [0.25, 0.3) is 0 Å². The Kier molecular flexibility index (Phi) is 8.69. The van der Waals surface area contributed by atoms with Gasteiger partial charge in [-0.1, -0.05) is 84.9 Å². The van der Waals surface area contributed by atoms with Crippen LogP contribution in [0.4, 0.5) is 0 Å². The molecule has 2 aliphatic heterocycles. The lowest BCUT2D eigenvalue weighted by Gasteiger charge is -2.48. The number of hydrogen-bond donors (Lipinski definition) is 3. The van der Waals surface area contributed by atoms with E-state index >= 15 is 0 Å². The van der Waals surface area contributed by atoms with Crippen molar-refractivity contribution in [2.75, 3.05) is 6.61 Å². The first-order valence-electron chi connectivity index (χ1n) is 12.9. The lowest BCUT2D eigenvalue weighted by atomic mass is 9.94. The fourth-order valence-electron chi connectivity index (χ4n) is 5.28. The van der Waals surface area contributed by atoms with E-state index in [2.05, 4.69) is 0 Å². The Morgan fingerprint density at radius 3 is 1.90 bits per heavy atom. The van der Waals surface area contributed by atoms with Gasteiger partial charge >= 0.3 is 5.97 Å². The summed E-state index contributed by atoms with van der Waals surface area (Å²) in [6, 6.07) is 24.9. The van der Waals surface area contributed by atoms with Crippen molar-refractivity contribution in [3.63, 3.8) is 0 Å². The van der Waals surface area contributed by atoms with E-state index in [0.717, 1.165) is 11.1 Å². The zero-order valence-corrected chi connectivity index (χ0v) is 21.6. The summed E-state index contributed by atoms with van der Waals surface area (Å²) in [5.74, 6) is -0.564. The van der Waals surface area contributed by atoms with Crippen molar-refractivity contribution in [1.82, 2.24) is 4.90 Å². The number of esters is 1. The van der Waals surface area contributed by atoms with Gasteiger partial charge in [0.1, 0.15) is 24.7 Å². The lowest BCUT2D eigenvalue weighted by molar-refractivity contribution is -0.308. The second-order valence-corrected chi connectivity index (χ2v) is 9.72. The van der Waals surface area contributed by atoms with Crippen LogP contribution in [0, 0.1) is 0 Å². The molecule has 5 rings (SSSR count). The van der Waals surface area contributed by atoms with Crippen molar-refractivity contribution in [2.24, 2.45) is 0 Å². The first-order valence-corrected chi connectivity index (χ1v) is 12.9. The molecule has 0 spiro atoms. The summed E-state index contributed by atoms with van der Waals surface area (Å²) in [6.45, 7) is 1.72. The maximum atomic E-state index is 12.2. The van der Waals surface area contributed by atoms with Crippen LogP contribution in [0.3, 0.4) is 0 Å². The molecule has 9 heteroatoms. The lowest BCUT2D eigenvalue weighted by Crippen LogP contribution is -2.66. The van der Waals surface area contributed by atoms with Gasteiger partial charge in [-0.05, 0) is 11.1 Å². The summed E-state index contributed by atoms with van der Waals surface area (Å²) in [6.07, 6.45) is -6.84. The number of fused-ring (bicyclic) bond motifs is 1. The number of carbonyl (C=O) groups is 1. The van der Waals surface area contributed by atoms with Gasteiger partial charge in [0.2, 0.25) is 0 Å². The van der Waals surface area contributed by atoms with E-state index in [1.807, 2.05) is 60.7 Å². The highest BCUT2D eigenvalue weighted by Gasteiger charge is 2.55. The Bertz CT molecular complexity index is 1200.